The van der Waals surface area contributed by atoms with Crippen molar-refractivity contribution in [2.75, 3.05) is 5.32 Å². The molecule has 3 aromatic rings. The number of rotatable bonds is 2. The van der Waals surface area contributed by atoms with Crippen molar-refractivity contribution in [3.63, 3.8) is 0 Å². The molecule has 0 saturated carbocycles. The van der Waals surface area contributed by atoms with E-state index in [0.29, 0.717) is 6.01 Å². The van der Waals surface area contributed by atoms with E-state index in [2.05, 4.69) is 10.3 Å². The summed E-state index contributed by atoms with van der Waals surface area (Å²) in [5.41, 5.74) is 2.62. The fraction of sp³-hybridized carbons (Fsp3) is 0. The second-order valence-electron chi connectivity index (χ2n) is 3.48. The summed E-state index contributed by atoms with van der Waals surface area (Å²) in [4.78, 5) is 4.33. The molecule has 0 spiro atoms. The summed E-state index contributed by atoms with van der Waals surface area (Å²) in [6.45, 7) is 0. The van der Waals surface area contributed by atoms with Crippen molar-refractivity contribution in [1.29, 1.82) is 0 Å². The minimum Gasteiger partial charge on any atom is -0.423 e. The van der Waals surface area contributed by atoms with E-state index >= 15 is 0 Å². The number of fused-ring (bicyclic) bond motifs is 1. The van der Waals surface area contributed by atoms with Crippen molar-refractivity contribution in [3.8, 4) is 0 Å². The number of nitrogens with one attached hydrogen (secondary N) is 1. The molecule has 4 heteroatoms. The molecule has 86 valence electrons. The van der Waals surface area contributed by atoms with E-state index in [4.69, 9.17) is 4.42 Å². The molecule has 0 aliphatic carbocycles. The molecular weight excluding hydrogens is 280 g/mol. The van der Waals surface area contributed by atoms with Gasteiger partial charge in [-0.25, -0.2) is 0 Å². The van der Waals surface area contributed by atoms with Crippen molar-refractivity contribution in [2.45, 2.75) is 0 Å². The van der Waals surface area contributed by atoms with Crippen molar-refractivity contribution in [2.24, 2.45) is 0 Å². The Kier molecular flexibility index (Phi) is 3.44. The van der Waals surface area contributed by atoms with Gasteiger partial charge < -0.3 is 9.73 Å². The first-order valence-electron chi connectivity index (χ1n) is 5.09. The zero-order valence-electron chi connectivity index (χ0n) is 8.96. The van der Waals surface area contributed by atoms with E-state index in [9.17, 15) is 0 Å². The molecule has 0 aliphatic rings. The Balaban J connectivity index is 0.00000108. The van der Waals surface area contributed by atoms with Gasteiger partial charge in [0, 0.05) is 5.69 Å². The van der Waals surface area contributed by atoms with Gasteiger partial charge >= 0.3 is 0 Å². The lowest BCUT2D eigenvalue weighted by atomic mass is 10.3. The second kappa shape index (κ2) is 5.01. The van der Waals surface area contributed by atoms with E-state index in [1.807, 2.05) is 54.6 Å². The first kappa shape index (κ1) is 11.7. The van der Waals surface area contributed by atoms with E-state index in [-0.39, 0.29) is 17.0 Å². The van der Waals surface area contributed by atoms with Crippen LogP contribution in [0.15, 0.2) is 59.0 Å². The zero-order valence-corrected chi connectivity index (χ0v) is 10.7. The molecular formula is C13H11BrN2O. The highest BCUT2D eigenvalue weighted by molar-refractivity contribution is 8.93. The molecule has 0 aliphatic heterocycles. The number of para-hydroxylation sites is 3. The Labute approximate surface area is 109 Å². The molecule has 3 rings (SSSR count). The molecule has 0 radical (unpaired) electrons. The Hall–Kier alpha value is -1.81. The predicted octanol–water partition coefficient (Wildman–Crippen LogP) is 4.15. The fourth-order valence-electron chi connectivity index (χ4n) is 1.57. The highest BCUT2D eigenvalue weighted by Crippen LogP contribution is 2.21. The minimum atomic E-state index is 0. The Morgan fingerprint density at radius 1 is 0.882 bits per heavy atom. The Morgan fingerprint density at radius 2 is 1.59 bits per heavy atom. The molecule has 0 bridgehead atoms. The number of oxazole rings is 1. The lowest BCUT2D eigenvalue weighted by Gasteiger charge is -1.98. The lowest BCUT2D eigenvalue weighted by molar-refractivity contribution is 0.623. The molecule has 0 unspecified atom stereocenters. The first-order chi connectivity index (χ1) is 7.92. The van der Waals surface area contributed by atoms with Crippen LogP contribution in [-0.2, 0) is 0 Å². The molecule has 0 saturated heterocycles. The highest BCUT2D eigenvalue weighted by Gasteiger charge is 2.03. The van der Waals surface area contributed by atoms with Gasteiger partial charge in [0.25, 0.3) is 6.01 Å². The van der Waals surface area contributed by atoms with Crippen LogP contribution in [0.3, 0.4) is 0 Å². The number of anilines is 2. The van der Waals surface area contributed by atoms with Crippen molar-refractivity contribution in [3.05, 3.63) is 54.6 Å². The van der Waals surface area contributed by atoms with Gasteiger partial charge in [0.05, 0.1) is 0 Å². The van der Waals surface area contributed by atoms with Crippen molar-refractivity contribution < 1.29 is 4.42 Å². The minimum absolute atomic E-state index is 0. The van der Waals surface area contributed by atoms with E-state index in [1.54, 1.807) is 0 Å². The van der Waals surface area contributed by atoms with Gasteiger partial charge in [0.15, 0.2) is 5.58 Å². The quantitative estimate of drug-likeness (QED) is 0.770. The van der Waals surface area contributed by atoms with Crippen LogP contribution in [0.5, 0.6) is 0 Å². The number of hydrogen-bond acceptors (Lipinski definition) is 3. The zero-order chi connectivity index (χ0) is 10.8. The van der Waals surface area contributed by atoms with Crippen LogP contribution < -0.4 is 5.32 Å². The molecule has 1 aromatic heterocycles. The number of halogens is 1. The van der Waals surface area contributed by atoms with Gasteiger partial charge in [0.1, 0.15) is 5.52 Å². The van der Waals surface area contributed by atoms with Gasteiger partial charge in [0.2, 0.25) is 0 Å². The van der Waals surface area contributed by atoms with Crippen LogP contribution in [0.1, 0.15) is 0 Å². The summed E-state index contributed by atoms with van der Waals surface area (Å²) in [6.07, 6.45) is 0. The van der Waals surface area contributed by atoms with E-state index < -0.39 is 0 Å². The van der Waals surface area contributed by atoms with Crippen LogP contribution in [0.25, 0.3) is 11.1 Å². The molecule has 1 N–H and O–H groups in total. The monoisotopic (exact) mass is 290 g/mol. The Morgan fingerprint density at radius 3 is 2.35 bits per heavy atom. The van der Waals surface area contributed by atoms with Crippen LogP contribution in [0.2, 0.25) is 0 Å². The predicted molar refractivity (Wildman–Crippen MR) is 74.1 cm³/mol. The summed E-state index contributed by atoms with van der Waals surface area (Å²) in [7, 11) is 0. The summed E-state index contributed by atoms with van der Waals surface area (Å²) >= 11 is 0. The third kappa shape index (κ3) is 2.47. The van der Waals surface area contributed by atoms with Crippen molar-refractivity contribution >= 4 is 39.8 Å². The largest absolute Gasteiger partial charge is 0.423 e. The maximum atomic E-state index is 5.55. The lowest BCUT2D eigenvalue weighted by Crippen LogP contribution is -1.88. The van der Waals surface area contributed by atoms with Crippen molar-refractivity contribution in [1.82, 2.24) is 4.98 Å². The molecule has 1 heterocycles. The highest BCUT2D eigenvalue weighted by atomic mass is 79.9. The van der Waals surface area contributed by atoms with Crippen LogP contribution in [-0.4, -0.2) is 4.98 Å². The average Bonchev–Trinajstić information content (AvgIpc) is 2.72. The summed E-state index contributed by atoms with van der Waals surface area (Å²) in [5, 5.41) is 3.12. The molecule has 2 aromatic carbocycles. The molecule has 0 amide bonds. The maximum Gasteiger partial charge on any atom is 0.300 e. The number of hydrogen-bond donors (Lipinski definition) is 1. The van der Waals surface area contributed by atoms with Crippen LogP contribution in [0.4, 0.5) is 11.7 Å². The number of nitrogens with zero attached hydrogens (tertiary/aromatic N) is 1. The maximum absolute atomic E-state index is 5.55. The smallest absolute Gasteiger partial charge is 0.300 e. The summed E-state index contributed by atoms with van der Waals surface area (Å²) < 4.78 is 5.55. The average molecular weight is 291 g/mol. The SMILES string of the molecule is Br.c1ccc(Nc2nc3ccccc3o2)cc1. The van der Waals surface area contributed by atoms with Gasteiger partial charge in [-0.2, -0.15) is 4.98 Å². The Bertz CT molecular complexity index is 574. The second-order valence-corrected chi connectivity index (χ2v) is 3.48. The summed E-state index contributed by atoms with van der Waals surface area (Å²) in [6, 6.07) is 18.0. The number of aromatic nitrogens is 1. The third-order valence-electron chi connectivity index (χ3n) is 2.32. The van der Waals surface area contributed by atoms with Gasteiger partial charge in [-0.15, -0.1) is 17.0 Å². The molecule has 0 atom stereocenters. The molecule has 17 heavy (non-hydrogen) atoms. The van der Waals surface area contributed by atoms with Gasteiger partial charge in [-0.3, -0.25) is 0 Å². The van der Waals surface area contributed by atoms with Crippen LogP contribution in [0, 0.1) is 0 Å². The van der Waals surface area contributed by atoms with Gasteiger partial charge in [-0.1, -0.05) is 30.3 Å². The van der Waals surface area contributed by atoms with E-state index in [1.165, 1.54) is 0 Å². The molecule has 3 nitrogen and oxygen atoms in total. The third-order valence-corrected chi connectivity index (χ3v) is 2.32. The van der Waals surface area contributed by atoms with E-state index in [0.717, 1.165) is 16.8 Å². The topological polar surface area (TPSA) is 38.1 Å². The molecule has 0 fully saturated rings. The standard InChI is InChI=1S/C13H10N2O.BrH/c1-2-6-10(7-3-1)14-13-15-11-8-4-5-9-12(11)16-13;/h1-9H,(H,14,15);1H. The first-order valence-corrected chi connectivity index (χ1v) is 5.09. The number of benzene rings is 2. The fourth-order valence-corrected chi connectivity index (χ4v) is 1.57. The normalized spacial score (nSPS) is 9.88. The van der Waals surface area contributed by atoms with Crippen LogP contribution >= 0.6 is 17.0 Å². The summed E-state index contributed by atoms with van der Waals surface area (Å²) in [5.74, 6) is 0. The van der Waals surface area contributed by atoms with Gasteiger partial charge in [-0.05, 0) is 24.3 Å².